The number of carbonyl (C=O) groups is 1. The topological polar surface area (TPSA) is 66.5 Å². The lowest BCUT2D eigenvalue weighted by Gasteiger charge is -2.28. The van der Waals surface area contributed by atoms with Crippen LogP contribution < -0.4 is 9.62 Å². The summed E-state index contributed by atoms with van der Waals surface area (Å²) in [5.41, 5.74) is 4.43. The van der Waals surface area contributed by atoms with Crippen molar-refractivity contribution < 1.29 is 13.2 Å². The second-order valence-corrected chi connectivity index (χ2v) is 8.40. The molecule has 2 aromatic rings. The molecule has 0 saturated carbocycles. The van der Waals surface area contributed by atoms with Crippen LogP contribution in [-0.2, 0) is 21.2 Å². The van der Waals surface area contributed by atoms with E-state index in [1.54, 1.807) is 19.1 Å². The molecule has 0 aliphatic carbocycles. The Labute approximate surface area is 156 Å². The van der Waals surface area contributed by atoms with Crippen molar-refractivity contribution in [1.29, 1.82) is 0 Å². The number of rotatable bonds is 6. The summed E-state index contributed by atoms with van der Waals surface area (Å²) in [5.74, 6) is -0.377. The number of hydrogen-bond donors (Lipinski definition) is 1. The summed E-state index contributed by atoms with van der Waals surface area (Å²) in [7, 11) is -3.62. The van der Waals surface area contributed by atoms with Crippen molar-refractivity contribution in [1.82, 2.24) is 0 Å². The van der Waals surface area contributed by atoms with Crippen LogP contribution in [0, 0.1) is 13.8 Å². The fourth-order valence-corrected chi connectivity index (χ4v) is 3.93. The summed E-state index contributed by atoms with van der Waals surface area (Å²) in [6.07, 6.45) is 1.97. The van der Waals surface area contributed by atoms with Gasteiger partial charge in [-0.3, -0.25) is 9.10 Å². The third-order valence-corrected chi connectivity index (χ3v) is 5.70. The summed E-state index contributed by atoms with van der Waals surface area (Å²) in [6.45, 7) is 7.58. The predicted octanol–water partition coefficient (Wildman–Crippen LogP) is 3.66. The van der Waals surface area contributed by atoms with Crippen molar-refractivity contribution in [2.45, 2.75) is 40.2 Å². The van der Waals surface area contributed by atoms with E-state index in [9.17, 15) is 13.2 Å². The first-order valence-corrected chi connectivity index (χ1v) is 10.4. The maximum atomic E-state index is 12.7. The number of carbonyl (C=O) groups excluding carboxylic acids is 1. The number of aryl methyl sites for hydroxylation is 3. The van der Waals surface area contributed by atoms with Crippen LogP contribution in [0.4, 0.5) is 11.4 Å². The van der Waals surface area contributed by atoms with Crippen LogP contribution in [-0.4, -0.2) is 26.6 Å². The van der Waals surface area contributed by atoms with E-state index in [0.717, 1.165) is 33.7 Å². The van der Waals surface area contributed by atoms with Crippen molar-refractivity contribution >= 4 is 27.3 Å². The van der Waals surface area contributed by atoms with Gasteiger partial charge in [0, 0.05) is 5.69 Å². The van der Waals surface area contributed by atoms with Crippen molar-refractivity contribution in [3.05, 3.63) is 59.2 Å². The molecule has 0 bridgehead atoms. The maximum Gasteiger partial charge on any atom is 0.247 e. The Morgan fingerprint density at radius 1 is 1.08 bits per heavy atom. The number of sulfonamides is 1. The zero-order valence-electron chi connectivity index (χ0n) is 15.9. The van der Waals surface area contributed by atoms with Crippen LogP contribution in [0.1, 0.15) is 30.5 Å². The van der Waals surface area contributed by atoms with Crippen LogP contribution >= 0.6 is 0 Å². The zero-order chi connectivity index (χ0) is 19.5. The molecule has 0 spiro atoms. The SMILES string of the molecule is CCc1ccc(N(C(C)C(=O)Nc2ccc(C)c(C)c2)S(C)(=O)=O)cc1. The van der Waals surface area contributed by atoms with E-state index in [1.807, 2.05) is 51.1 Å². The number of nitrogens with one attached hydrogen (secondary N) is 1. The van der Waals surface area contributed by atoms with E-state index in [0.29, 0.717) is 11.4 Å². The number of amides is 1. The molecule has 0 heterocycles. The molecule has 26 heavy (non-hydrogen) atoms. The Kier molecular flexibility index (Phi) is 6.08. The molecular formula is C20H26N2O3S. The normalized spacial score (nSPS) is 12.5. The lowest BCUT2D eigenvalue weighted by Crippen LogP contribution is -2.45. The monoisotopic (exact) mass is 374 g/mol. The number of hydrogen-bond acceptors (Lipinski definition) is 3. The third kappa shape index (κ3) is 4.64. The molecule has 1 unspecified atom stereocenters. The first-order chi connectivity index (χ1) is 12.1. The molecule has 2 aromatic carbocycles. The fraction of sp³-hybridized carbons (Fsp3) is 0.350. The molecule has 6 heteroatoms. The van der Waals surface area contributed by atoms with E-state index in [-0.39, 0.29) is 5.91 Å². The second kappa shape index (κ2) is 7.91. The number of anilines is 2. The highest BCUT2D eigenvalue weighted by molar-refractivity contribution is 7.92. The van der Waals surface area contributed by atoms with Gasteiger partial charge in [0.2, 0.25) is 15.9 Å². The molecule has 1 N–H and O–H groups in total. The van der Waals surface area contributed by atoms with Crippen LogP contribution in [0.2, 0.25) is 0 Å². The summed E-state index contributed by atoms with van der Waals surface area (Å²) < 4.78 is 25.8. The molecule has 0 aromatic heterocycles. The van der Waals surface area contributed by atoms with Crippen molar-refractivity contribution in [3.8, 4) is 0 Å². The standard InChI is InChI=1S/C20H26N2O3S/c1-6-17-8-11-19(12-9-17)22(26(5,24)25)16(4)20(23)21-18-10-7-14(2)15(3)13-18/h7-13,16H,6H2,1-5H3,(H,21,23). The summed E-state index contributed by atoms with van der Waals surface area (Å²) >= 11 is 0. The Hall–Kier alpha value is -2.34. The lowest BCUT2D eigenvalue weighted by atomic mass is 10.1. The van der Waals surface area contributed by atoms with Crippen LogP contribution in [0.15, 0.2) is 42.5 Å². The van der Waals surface area contributed by atoms with Gasteiger partial charge in [-0.05, 0) is 68.1 Å². The number of nitrogens with zero attached hydrogens (tertiary/aromatic N) is 1. The molecular weight excluding hydrogens is 348 g/mol. The van der Waals surface area contributed by atoms with Crippen LogP contribution in [0.5, 0.6) is 0 Å². The molecule has 2 rings (SSSR count). The Morgan fingerprint density at radius 3 is 2.19 bits per heavy atom. The Bertz CT molecular complexity index is 890. The quantitative estimate of drug-likeness (QED) is 0.839. The minimum Gasteiger partial charge on any atom is -0.324 e. The van der Waals surface area contributed by atoms with Gasteiger partial charge in [0.25, 0.3) is 0 Å². The molecule has 1 atom stereocenters. The van der Waals surface area contributed by atoms with E-state index in [2.05, 4.69) is 5.32 Å². The van der Waals surface area contributed by atoms with Crippen molar-refractivity contribution in [3.63, 3.8) is 0 Å². The molecule has 0 fully saturated rings. The van der Waals surface area contributed by atoms with Gasteiger partial charge in [-0.25, -0.2) is 8.42 Å². The second-order valence-electron chi connectivity index (χ2n) is 6.54. The van der Waals surface area contributed by atoms with Gasteiger partial charge in [-0.15, -0.1) is 0 Å². The van der Waals surface area contributed by atoms with Gasteiger partial charge >= 0.3 is 0 Å². The first-order valence-electron chi connectivity index (χ1n) is 8.60. The lowest BCUT2D eigenvalue weighted by molar-refractivity contribution is -0.116. The smallest absolute Gasteiger partial charge is 0.247 e. The number of benzene rings is 2. The first kappa shape index (κ1) is 20.0. The molecule has 0 radical (unpaired) electrons. The maximum absolute atomic E-state index is 12.7. The minimum absolute atomic E-state index is 0.377. The third-order valence-electron chi connectivity index (χ3n) is 4.46. The highest BCUT2D eigenvalue weighted by Crippen LogP contribution is 2.23. The molecule has 0 saturated heterocycles. The van der Waals surface area contributed by atoms with Gasteiger partial charge in [-0.2, -0.15) is 0 Å². The van der Waals surface area contributed by atoms with Gasteiger partial charge in [0.05, 0.1) is 11.9 Å². The van der Waals surface area contributed by atoms with Crippen LogP contribution in [0.3, 0.4) is 0 Å². The Balaban J connectivity index is 2.29. The van der Waals surface area contributed by atoms with Gasteiger partial charge in [0.1, 0.15) is 6.04 Å². The van der Waals surface area contributed by atoms with Gasteiger partial charge < -0.3 is 5.32 Å². The fourth-order valence-electron chi connectivity index (χ4n) is 2.75. The molecule has 1 amide bonds. The summed E-state index contributed by atoms with van der Waals surface area (Å²) in [5, 5.41) is 2.81. The van der Waals surface area contributed by atoms with E-state index in [4.69, 9.17) is 0 Å². The average Bonchev–Trinajstić information content (AvgIpc) is 2.57. The van der Waals surface area contributed by atoms with Gasteiger partial charge in [0.15, 0.2) is 0 Å². The highest BCUT2D eigenvalue weighted by Gasteiger charge is 2.29. The highest BCUT2D eigenvalue weighted by atomic mass is 32.2. The molecule has 140 valence electrons. The molecule has 0 aliphatic heterocycles. The van der Waals surface area contributed by atoms with E-state index < -0.39 is 16.1 Å². The van der Waals surface area contributed by atoms with Gasteiger partial charge in [-0.1, -0.05) is 25.1 Å². The zero-order valence-corrected chi connectivity index (χ0v) is 16.7. The largest absolute Gasteiger partial charge is 0.324 e. The summed E-state index contributed by atoms with van der Waals surface area (Å²) in [4.78, 5) is 12.7. The summed E-state index contributed by atoms with van der Waals surface area (Å²) in [6, 6.07) is 12.0. The molecule has 0 aliphatic rings. The van der Waals surface area contributed by atoms with E-state index >= 15 is 0 Å². The van der Waals surface area contributed by atoms with Crippen molar-refractivity contribution in [2.75, 3.05) is 15.9 Å². The molecule has 5 nitrogen and oxygen atoms in total. The minimum atomic E-state index is -3.62. The van der Waals surface area contributed by atoms with Crippen molar-refractivity contribution in [2.24, 2.45) is 0 Å². The van der Waals surface area contributed by atoms with E-state index in [1.165, 1.54) is 0 Å². The Morgan fingerprint density at radius 2 is 1.69 bits per heavy atom. The predicted molar refractivity (Wildman–Crippen MR) is 107 cm³/mol. The van der Waals surface area contributed by atoms with Crippen LogP contribution in [0.25, 0.3) is 0 Å². The average molecular weight is 375 g/mol.